The highest BCUT2D eigenvalue weighted by Gasteiger charge is 2.72. The van der Waals surface area contributed by atoms with Crippen LogP contribution in [0.4, 0.5) is 0 Å². The topological polar surface area (TPSA) is 149 Å². The zero-order valence-corrected chi connectivity index (χ0v) is 22.4. The van der Waals surface area contributed by atoms with Gasteiger partial charge in [-0.25, -0.2) is 4.79 Å². The van der Waals surface area contributed by atoms with Crippen molar-refractivity contribution in [2.24, 2.45) is 0 Å². The molecule has 0 aromatic heterocycles. The quantitative estimate of drug-likeness (QED) is 0.362. The highest BCUT2D eigenvalue weighted by molar-refractivity contribution is 5.85. The van der Waals surface area contributed by atoms with Gasteiger partial charge in [-0.05, 0) is 64.9 Å². The summed E-state index contributed by atoms with van der Waals surface area (Å²) >= 11 is 0. The van der Waals surface area contributed by atoms with Gasteiger partial charge in [-0.3, -0.25) is 14.4 Å². The maximum absolute atomic E-state index is 12.8. The smallest absolute Gasteiger partial charge is 0.347 e. The molecule has 11 nitrogen and oxygen atoms in total. The molecule has 6 atom stereocenters. The molecule has 4 aliphatic rings. The van der Waals surface area contributed by atoms with Gasteiger partial charge in [0.05, 0.1) is 23.9 Å². The number of ketones is 1. The van der Waals surface area contributed by atoms with E-state index in [1.807, 2.05) is 13.1 Å². The van der Waals surface area contributed by atoms with Crippen molar-refractivity contribution in [1.29, 1.82) is 0 Å². The maximum Gasteiger partial charge on any atom is 0.347 e. The summed E-state index contributed by atoms with van der Waals surface area (Å²) in [6, 6.07) is 3.28. The number of hydrogen-bond acceptors (Lipinski definition) is 11. The summed E-state index contributed by atoms with van der Waals surface area (Å²) in [6.45, 7) is 4.70. The SMILES string of the molecule is CC(=O)[C@H](C)OC(=O)[C@H](C)OC(=O)CCC(=O)OC1=CC[C@@]2(O)[C@H]3Cc4ccc(O)c5c4[C@@]2(CCN3C)[C@H]1O5. The van der Waals surface area contributed by atoms with Crippen LogP contribution in [0.25, 0.3) is 0 Å². The predicted molar refractivity (Wildman–Crippen MR) is 134 cm³/mol. The van der Waals surface area contributed by atoms with E-state index in [0.29, 0.717) is 25.1 Å². The van der Waals surface area contributed by atoms with Gasteiger partial charge in [0.2, 0.25) is 0 Å². The summed E-state index contributed by atoms with van der Waals surface area (Å²) in [5.74, 6) is -2.20. The Labute approximate surface area is 225 Å². The minimum absolute atomic E-state index is 0.0315. The largest absolute Gasteiger partial charge is 0.504 e. The van der Waals surface area contributed by atoms with Gasteiger partial charge in [-0.15, -0.1) is 0 Å². The summed E-state index contributed by atoms with van der Waals surface area (Å²) < 4.78 is 21.9. The lowest BCUT2D eigenvalue weighted by Gasteiger charge is -2.61. The number of phenolic OH excluding ortho intramolecular Hbond substituents is 1. The third kappa shape index (κ3) is 4.19. The number of carbonyl (C=O) groups is 4. The van der Waals surface area contributed by atoms with Crippen molar-refractivity contribution in [2.75, 3.05) is 13.6 Å². The van der Waals surface area contributed by atoms with E-state index < -0.39 is 47.2 Å². The molecule has 2 aliphatic carbocycles. The van der Waals surface area contributed by atoms with E-state index in [0.717, 1.165) is 11.1 Å². The van der Waals surface area contributed by atoms with E-state index in [-0.39, 0.29) is 42.6 Å². The van der Waals surface area contributed by atoms with Crippen LogP contribution in [-0.2, 0) is 45.2 Å². The molecule has 0 radical (unpaired) electrons. The van der Waals surface area contributed by atoms with Crippen molar-refractivity contribution in [3.63, 3.8) is 0 Å². The van der Waals surface area contributed by atoms with Crippen molar-refractivity contribution in [1.82, 2.24) is 4.90 Å². The van der Waals surface area contributed by atoms with Crippen LogP contribution < -0.4 is 4.74 Å². The number of rotatable bonds is 8. The lowest BCUT2D eigenvalue weighted by molar-refractivity contribution is -0.172. The highest BCUT2D eigenvalue weighted by atomic mass is 16.6. The summed E-state index contributed by atoms with van der Waals surface area (Å²) in [7, 11) is 1.98. The first kappa shape index (κ1) is 27.1. The van der Waals surface area contributed by atoms with Gasteiger partial charge in [-0.2, -0.15) is 0 Å². The molecule has 0 unspecified atom stereocenters. The Hall–Kier alpha value is -3.44. The Morgan fingerprint density at radius 3 is 2.56 bits per heavy atom. The molecule has 210 valence electrons. The van der Waals surface area contributed by atoms with Crippen LogP contribution in [0.5, 0.6) is 11.5 Å². The Bertz CT molecular complexity index is 1270. The second-order valence-electron chi connectivity index (χ2n) is 10.9. The number of Topliss-reactive ketones (excluding diaryl/α,β-unsaturated/α-hetero) is 1. The average Bonchev–Trinajstić information content (AvgIpc) is 3.24. The molecule has 1 fully saturated rings. The Kier molecular flexibility index (Phi) is 6.70. The van der Waals surface area contributed by atoms with E-state index >= 15 is 0 Å². The molecule has 2 heterocycles. The molecule has 39 heavy (non-hydrogen) atoms. The van der Waals surface area contributed by atoms with Crippen LogP contribution in [0.3, 0.4) is 0 Å². The van der Waals surface area contributed by atoms with Gasteiger partial charge in [0.15, 0.2) is 35.6 Å². The van der Waals surface area contributed by atoms with Gasteiger partial charge < -0.3 is 34.1 Å². The molecule has 1 spiro atoms. The van der Waals surface area contributed by atoms with E-state index in [1.54, 1.807) is 12.1 Å². The minimum Gasteiger partial charge on any atom is -0.504 e. The number of piperidine rings is 1. The number of likely N-dealkylation sites (tertiary alicyclic amines) is 1. The third-order valence-corrected chi connectivity index (χ3v) is 8.62. The van der Waals surface area contributed by atoms with Crippen LogP contribution in [-0.4, -0.2) is 82.4 Å². The first-order valence-electron chi connectivity index (χ1n) is 13.1. The number of phenols is 1. The predicted octanol–water partition coefficient (Wildman–Crippen LogP) is 1.45. The summed E-state index contributed by atoms with van der Waals surface area (Å²) in [6.07, 6.45) is -0.633. The molecule has 2 bridgehead atoms. The molecule has 1 aromatic carbocycles. The lowest BCUT2D eigenvalue weighted by atomic mass is 9.50. The van der Waals surface area contributed by atoms with Crippen molar-refractivity contribution in [3.05, 3.63) is 35.1 Å². The number of likely N-dealkylation sites (N-methyl/N-ethyl adjacent to an activating group) is 1. The number of carbonyl (C=O) groups excluding carboxylic acids is 4. The fraction of sp³-hybridized carbons (Fsp3) is 0.571. The molecular formula is C28H33NO10. The minimum atomic E-state index is -1.25. The lowest BCUT2D eigenvalue weighted by Crippen LogP contribution is -2.74. The first-order chi connectivity index (χ1) is 18.4. The number of esters is 3. The number of ether oxygens (including phenoxy) is 4. The van der Waals surface area contributed by atoms with E-state index in [9.17, 15) is 29.4 Å². The zero-order valence-electron chi connectivity index (χ0n) is 22.4. The number of aromatic hydroxyl groups is 1. The first-order valence-corrected chi connectivity index (χ1v) is 13.1. The van der Waals surface area contributed by atoms with Crippen LogP contribution in [0, 0.1) is 0 Å². The molecule has 0 saturated carbocycles. The fourth-order valence-electron chi connectivity index (χ4n) is 6.48. The second-order valence-corrected chi connectivity index (χ2v) is 10.9. The second kappa shape index (κ2) is 9.63. The summed E-state index contributed by atoms with van der Waals surface area (Å²) in [5.41, 5.74) is -0.292. The third-order valence-electron chi connectivity index (χ3n) is 8.62. The molecule has 1 saturated heterocycles. The zero-order chi connectivity index (χ0) is 28.3. The average molecular weight is 544 g/mol. The number of benzene rings is 1. The standard InChI is InChI=1S/C28H33NO10/c1-14(30)15(2)37-26(34)16(3)36-21(32)7-8-22(33)38-19-9-10-28(35)20-13-17-5-6-18(31)24-23(17)27(28,25(19)39-24)11-12-29(20)4/h5-6,9,15-16,20,25,31,35H,7-8,10-13H2,1-4H3/t15-,16-,20+,25-,27-,28+/m0/s1. The van der Waals surface area contributed by atoms with Gasteiger partial charge >= 0.3 is 17.9 Å². The molecular weight excluding hydrogens is 510 g/mol. The van der Waals surface area contributed by atoms with Gasteiger partial charge in [0, 0.05) is 18.0 Å². The molecule has 2 N–H and O–H groups in total. The molecule has 2 aliphatic heterocycles. The van der Waals surface area contributed by atoms with Crippen LogP contribution in [0.2, 0.25) is 0 Å². The van der Waals surface area contributed by atoms with Gasteiger partial charge in [-0.1, -0.05) is 6.07 Å². The number of hydrogen-bond donors (Lipinski definition) is 2. The maximum atomic E-state index is 12.8. The molecule has 0 amide bonds. The van der Waals surface area contributed by atoms with Crippen molar-refractivity contribution < 1.29 is 48.3 Å². The Morgan fingerprint density at radius 2 is 1.85 bits per heavy atom. The van der Waals surface area contributed by atoms with Crippen LogP contribution in [0.15, 0.2) is 24.0 Å². The molecule has 11 heteroatoms. The molecule has 5 rings (SSSR count). The monoisotopic (exact) mass is 543 g/mol. The highest BCUT2D eigenvalue weighted by Crippen LogP contribution is 2.65. The van der Waals surface area contributed by atoms with Crippen molar-refractivity contribution in [3.8, 4) is 11.5 Å². The Morgan fingerprint density at radius 1 is 1.13 bits per heavy atom. The van der Waals surface area contributed by atoms with Gasteiger partial charge in [0.25, 0.3) is 0 Å². The van der Waals surface area contributed by atoms with Crippen LogP contribution in [0.1, 0.15) is 57.6 Å². The van der Waals surface area contributed by atoms with E-state index in [4.69, 9.17) is 18.9 Å². The van der Waals surface area contributed by atoms with E-state index in [2.05, 4.69) is 4.90 Å². The normalized spacial score (nSPS) is 29.7. The summed E-state index contributed by atoms with van der Waals surface area (Å²) in [4.78, 5) is 50.4. The number of nitrogens with zero attached hydrogens (tertiary/aromatic N) is 1. The van der Waals surface area contributed by atoms with Crippen molar-refractivity contribution >= 4 is 23.7 Å². The summed E-state index contributed by atoms with van der Waals surface area (Å²) in [5, 5.41) is 22.7. The number of aliphatic hydroxyl groups is 1. The molecule has 1 aromatic rings. The Balaban J connectivity index is 1.27. The van der Waals surface area contributed by atoms with Crippen LogP contribution >= 0.6 is 0 Å². The van der Waals surface area contributed by atoms with Crippen molar-refractivity contribution in [2.45, 2.75) is 88.2 Å². The van der Waals surface area contributed by atoms with Gasteiger partial charge in [0.1, 0.15) is 5.76 Å². The van der Waals surface area contributed by atoms with E-state index in [1.165, 1.54) is 20.8 Å². The fourth-order valence-corrected chi connectivity index (χ4v) is 6.48.